The van der Waals surface area contributed by atoms with Gasteiger partial charge in [0.05, 0.1) is 12.0 Å². The Hall–Kier alpha value is -3.06. The summed E-state index contributed by atoms with van der Waals surface area (Å²) in [5, 5.41) is 15.4. The van der Waals surface area contributed by atoms with E-state index in [-0.39, 0.29) is 17.4 Å². The zero-order valence-electron chi connectivity index (χ0n) is 14.4. The van der Waals surface area contributed by atoms with Gasteiger partial charge in [-0.2, -0.15) is 10.1 Å². The number of benzene rings is 1. The molecule has 0 unspecified atom stereocenters. The van der Waals surface area contributed by atoms with Crippen LogP contribution in [0.4, 0.5) is 24.8 Å². The molecule has 2 heterocycles. The van der Waals surface area contributed by atoms with Crippen molar-refractivity contribution in [2.24, 2.45) is 5.10 Å². The lowest BCUT2D eigenvalue weighted by atomic mass is 10.3. The van der Waals surface area contributed by atoms with Crippen LogP contribution in [0.1, 0.15) is 4.88 Å². The second-order valence-electron chi connectivity index (χ2n) is 5.26. The highest BCUT2D eigenvalue weighted by atomic mass is 32.2. The first-order valence-corrected chi connectivity index (χ1v) is 9.77. The highest BCUT2D eigenvalue weighted by Gasteiger charge is 2.30. The van der Waals surface area contributed by atoms with Crippen molar-refractivity contribution < 1.29 is 22.7 Å². The van der Waals surface area contributed by atoms with Crippen LogP contribution in [0, 0.1) is 0 Å². The minimum atomic E-state index is -4.76. The molecule has 0 atom stereocenters. The molecular weight excluding hydrogens is 429 g/mol. The molecule has 13 heteroatoms. The summed E-state index contributed by atoms with van der Waals surface area (Å²) in [6, 6.07) is 8.66. The van der Waals surface area contributed by atoms with Crippen molar-refractivity contribution in [3.8, 4) is 5.75 Å². The van der Waals surface area contributed by atoms with Gasteiger partial charge in [-0.25, -0.2) is 10.5 Å². The van der Waals surface area contributed by atoms with E-state index in [4.69, 9.17) is 0 Å². The number of nitrogens with one attached hydrogen (secondary N) is 3. The van der Waals surface area contributed by atoms with E-state index in [2.05, 4.69) is 35.8 Å². The van der Waals surface area contributed by atoms with Gasteiger partial charge in [0, 0.05) is 10.6 Å². The number of nitrogens with zero attached hydrogens (tertiary/aromatic N) is 3. The summed E-state index contributed by atoms with van der Waals surface area (Å²) in [5.41, 5.74) is 3.03. The number of carbonyl (C=O) groups is 1. The molecule has 152 valence electrons. The molecule has 0 aliphatic rings. The predicted octanol–water partition coefficient (Wildman–Crippen LogP) is 3.94. The summed E-state index contributed by atoms with van der Waals surface area (Å²) >= 11 is 2.62. The number of ether oxygens (including phenoxy) is 1. The predicted molar refractivity (Wildman–Crippen MR) is 104 cm³/mol. The smallest absolute Gasteiger partial charge is 0.406 e. The topological polar surface area (TPSA) is 104 Å². The fourth-order valence-corrected chi connectivity index (χ4v) is 3.13. The summed E-state index contributed by atoms with van der Waals surface area (Å²) in [4.78, 5) is 17.1. The van der Waals surface area contributed by atoms with Gasteiger partial charge in [0.25, 0.3) is 0 Å². The molecule has 3 N–H and O–H groups in total. The van der Waals surface area contributed by atoms with Crippen LogP contribution in [0.3, 0.4) is 0 Å². The molecule has 0 aliphatic heterocycles. The number of carbonyl (C=O) groups excluding carboxylic acids is 1. The van der Waals surface area contributed by atoms with Gasteiger partial charge in [0.2, 0.25) is 17.0 Å². The molecule has 0 spiro atoms. The molecule has 0 fully saturated rings. The van der Waals surface area contributed by atoms with Gasteiger partial charge in [-0.15, -0.1) is 29.6 Å². The van der Waals surface area contributed by atoms with Crippen molar-refractivity contribution in [1.82, 2.24) is 15.2 Å². The fourth-order valence-electron chi connectivity index (χ4n) is 1.95. The van der Waals surface area contributed by atoms with Crippen LogP contribution in [0.25, 0.3) is 0 Å². The Balaban J connectivity index is 1.43. The summed E-state index contributed by atoms with van der Waals surface area (Å²) in [6.45, 7) is 0. The largest absolute Gasteiger partial charge is 0.573 e. The summed E-state index contributed by atoms with van der Waals surface area (Å²) in [7, 11) is 0. The Morgan fingerprint density at radius 3 is 2.79 bits per heavy atom. The highest BCUT2D eigenvalue weighted by molar-refractivity contribution is 7.99. The van der Waals surface area contributed by atoms with Crippen molar-refractivity contribution in [3.05, 3.63) is 46.7 Å². The zero-order valence-corrected chi connectivity index (χ0v) is 16.1. The Bertz CT molecular complexity index is 958. The molecule has 8 nitrogen and oxygen atoms in total. The zero-order chi connectivity index (χ0) is 20.7. The second-order valence-corrected chi connectivity index (χ2v) is 7.18. The van der Waals surface area contributed by atoms with Crippen molar-refractivity contribution >= 4 is 46.9 Å². The van der Waals surface area contributed by atoms with E-state index in [1.165, 1.54) is 23.5 Å². The number of thiophene rings is 1. The Kier molecular flexibility index (Phi) is 6.72. The number of H-pyrrole nitrogens is 1. The first-order valence-electron chi connectivity index (χ1n) is 7.91. The maximum absolute atomic E-state index is 12.1. The van der Waals surface area contributed by atoms with Crippen molar-refractivity contribution in [3.63, 3.8) is 0 Å². The molecule has 3 aromatic rings. The van der Waals surface area contributed by atoms with Crippen LogP contribution in [0.5, 0.6) is 5.75 Å². The van der Waals surface area contributed by atoms with Crippen molar-refractivity contribution in [2.75, 3.05) is 16.5 Å². The molecule has 0 saturated heterocycles. The van der Waals surface area contributed by atoms with Gasteiger partial charge >= 0.3 is 6.36 Å². The van der Waals surface area contributed by atoms with Gasteiger partial charge in [-0.3, -0.25) is 4.79 Å². The third-order valence-corrected chi connectivity index (χ3v) is 4.73. The van der Waals surface area contributed by atoms with Crippen molar-refractivity contribution in [2.45, 2.75) is 11.5 Å². The number of anilines is 2. The molecule has 1 aromatic carbocycles. The van der Waals surface area contributed by atoms with Crippen LogP contribution < -0.4 is 15.5 Å². The third kappa shape index (κ3) is 7.12. The van der Waals surface area contributed by atoms with E-state index in [9.17, 15) is 18.0 Å². The number of hydrogen-bond donors (Lipinski definition) is 3. The number of alkyl halides is 3. The molecule has 3 rings (SSSR count). The average molecular weight is 442 g/mol. The number of rotatable bonds is 8. The van der Waals surface area contributed by atoms with Crippen LogP contribution in [-0.2, 0) is 4.79 Å². The maximum Gasteiger partial charge on any atom is 0.573 e. The van der Waals surface area contributed by atoms with Crippen LogP contribution in [0.15, 0.2) is 52.0 Å². The number of amides is 1. The molecule has 1 amide bonds. The normalized spacial score (nSPS) is 11.6. The minimum Gasteiger partial charge on any atom is -0.406 e. The van der Waals surface area contributed by atoms with Gasteiger partial charge in [-0.1, -0.05) is 17.8 Å². The van der Waals surface area contributed by atoms with E-state index < -0.39 is 6.36 Å². The van der Waals surface area contributed by atoms with Crippen molar-refractivity contribution in [1.29, 1.82) is 0 Å². The number of hydrazone groups is 1. The van der Waals surface area contributed by atoms with Crippen LogP contribution >= 0.6 is 23.1 Å². The lowest BCUT2D eigenvalue weighted by Crippen LogP contribution is -2.17. The second kappa shape index (κ2) is 9.43. The summed E-state index contributed by atoms with van der Waals surface area (Å²) < 4.78 is 40.1. The monoisotopic (exact) mass is 442 g/mol. The van der Waals surface area contributed by atoms with Crippen LogP contribution in [0.2, 0.25) is 0 Å². The van der Waals surface area contributed by atoms with Crippen LogP contribution in [-0.4, -0.2) is 39.4 Å². The first kappa shape index (κ1) is 20.7. The molecular formula is C16H13F3N6O2S2. The molecule has 29 heavy (non-hydrogen) atoms. The highest BCUT2D eigenvalue weighted by Crippen LogP contribution is 2.24. The third-order valence-electron chi connectivity index (χ3n) is 3.07. The Morgan fingerprint density at radius 2 is 2.10 bits per heavy atom. The van der Waals surface area contributed by atoms with E-state index >= 15 is 0 Å². The minimum absolute atomic E-state index is 0.0105. The SMILES string of the molecule is O=C(CSc1n[nH]c(N/N=C\c2cccs2)n1)Nc1ccc(OC(F)(F)F)cc1. The van der Waals surface area contributed by atoms with Gasteiger partial charge in [0.15, 0.2) is 0 Å². The lowest BCUT2D eigenvalue weighted by molar-refractivity contribution is -0.274. The molecule has 2 aromatic heterocycles. The standard InChI is InChI=1S/C16H13F3N6O2S2/c17-16(18,19)27-11-5-3-10(4-6-11)21-13(26)9-29-15-22-14(24-25-15)23-20-8-12-2-1-7-28-12/h1-8H,9H2,(H,21,26)(H2,22,23,24,25)/b20-8-. The Labute approximate surface area is 170 Å². The number of hydrogen-bond acceptors (Lipinski definition) is 8. The number of thioether (sulfide) groups is 1. The van der Waals surface area contributed by atoms with Gasteiger partial charge in [-0.05, 0) is 35.7 Å². The molecule has 0 bridgehead atoms. The lowest BCUT2D eigenvalue weighted by Gasteiger charge is -2.09. The van der Waals surface area contributed by atoms with E-state index in [0.717, 1.165) is 28.8 Å². The van der Waals surface area contributed by atoms with E-state index in [1.807, 2.05) is 17.5 Å². The Morgan fingerprint density at radius 1 is 1.31 bits per heavy atom. The number of aromatic amines is 1. The maximum atomic E-state index is 12.1. The van der Waals surface area contributed by atoms with Gasteiger partial charge in [0.1, 0.15) is 5.75 Å². The number of aromatic nitrogens is 3. The summed E-state index contributed by atoms with van der Waals surface area (Å²) in [6.07, 6.45) is -3.13. The number of halogens is 3. The molecule has 0 saturated carbocycles. The average Bonchev–Trinajstić information content (AvgIpc) is 3.33. The first-order chi connectivity index (χ1) is 13.9. The van der Waals surface area contributed by atoms with E-state index in [0.29, 0.717) is 16.8 Å². The molecule has 0 aliphatic carbocycles. The van der Waals surface area contributed by atoms with E-state index in [1.54, 1.807) is 6.21 Å². The quantitative estimate of drug-likeness (QED) is 0.277. The molecule has 0 radical (unpaired) electrons. The fraction of sp³-hybridized carbons (Fsp3) is 0.125. The van der Waals surface area contributed by atoms with Gasteiger partial charge < -0.3 is 10.1 Å². The summed E-state index contributed by atoms with van der Waals surface area (Å²) in [5.74, 6) is -0.404.